The molecule has 1 aliphatic heterocycles. The number of ketones is 1. The Morgan fingerprint density at radius 3 is 2.06 bits per heavy atom. The molecule has 0 saturated heterocycles. The second-order valence-electron chi connectivity index (χ2n) is 7.16. The highest BCUT2D eigenvalue weighted by atomic mass is 16.5. The zero-order valence-corrected chi connectivity index (χ0v) is 17.8. The SMILES string of the molecule is COc1cc(C=C2C(=O)c3cc(O)ccc3OC2c2ccc(O)cc2)cc(OC)c1OC. The summed E-state index contributed by atoms with van der Waals surface area (Å²) in [5, 5.41) is 19.6. The van der Waals surface area contributed by atoms with Crippen molar-refractivity contribution < 1.29 is 34.0 Å². The van der Waals surface area contributed by atoms with Crippen molar-refractivity contribution in [3.8, 4) is 34.5 Å². The number of aromatic hydroxyl groups is 2. The fourth-order valence-electron chi connectivity index (χ4n) is 3.67. The fourth-order valence-corrected chi connectivity index (χ4v) is 3.67. The van der Waals surface area contributed by atoms with Gasteiger partial charge in [-0.2, -0.15) is 0 Å². The van der Waals surface area contributed by atoms with E-state index in [0.29, 0.717) is 39.7 Å². The molecule has 3 aromatic rings. The van der Waals surface area contributed by atoms with Crippen molar-refractivity contribution in [3.63, 3.8) is 0 Å². The first-order valence-corrected chi connectivity index (χ1v) is 9.80. The second-order valence-corrected chi connectivity index (χ2v) is 7.16. The van der Waals surface area contributed by atoms with Gasteiger partial charge in [0.1, 0.15) is 17.2 Å². The largest absolute Gasteiger partial charge is 0.508 e. The summed E-state index contributed by atoms with van der Waals surface area (Å²) in [7, 11) is 4.55. The minimum atomic E-state index is -0.723. The van der Waals surface area contributed by atoms with Crippen LogP contribution < -0.4 is 18.9 Å². The number of ether oxygens (including phenoxy) is 4. The summed E-state index contributed by atoms with van der Waals surface area (Å²) in [4.78, 5) is 13.5. The van der Waals surface area contributed by atoms with E-state index in [-0.39, 0.29) is 22.8 Å². The van der Waals surface area contributed by atoms with Crippen LogP contribution >= 0.6 is 0 Å². The summed E-state index contributed by atoms with van der Waals surface area (Å²) in [6.07, 6.45) is 0.969. The van der Waals surface area contributed by atoms with Gasteiger partial charge in [0.15, 0.2) is 23.4 Å². The molecule has 7 nitrogen and oxygen atoms in total. The number of hydrogen-bond donors (Lipinski definition) is 2. The monoisotopic (exact) mass is 434 g/mol. The van der Waals surface area contributed by atoms with Gasteiger partial charge in [0, 0.05) is 5.57 Å². The predicted octanol–water partition coefficient (Wildman–Crippen LogP) is 4.52. The van der Waals surface area contributed by atoms with E-state index in [4.69, 9.17) is 18.9 Å². The molecule has 0 radical (unpaired) electrons. The normalized spacial score (nSPS) is 16.3. The van der Waals surface area contributed by atoms with Crippen molar-refractivity contribution in [1.82, 2.24) is 0 Å². The molecule has 7 heteroatoms. The molecule has 4 rings (SSSR count). The summed E-state index contributed by atoms with van der Waals surface area (Å²) >= 11 is 0. The number of Topliss-reactive ketones (excluding diaryl/α,β-unsaturated/α-hetero) is 1. The first-order valence-electron chi connectivity index (χ1n) is 9.80. The summed E-state index contributed by atoms with van der Waals surface area (Å²) < 4.78 is 22.4. The molecule has 0 spiro atoms. The van der Waals surface area contributed by atoms with Gasteiger partial charge in [0.25, 0.3) is 0 Å². The molecule has 2 N–H and O–H groups in total. The average Bonchev–Trinajstić information content (AvgIpc) is 2.81. The zero-order valence-electron chi connectivity index (χ0n) is 17.8. The number of phenolic OH excluding ortho intramolecular Hbond substituents is 2. The second kappa shape index (κ2) is 8.55. The molecule has 0 amide bonds. The number of rotatable bonds is 5. The van der Waals surface area contributed by atoms with Gasteiger partial charge in [-0.15, -0.1) is 0 Å². The molecule has 0 aliphatic carbocycles. The molecule has 0 fully saturated rings. The average molecular weight is 434 g/mol. The lowest BCUT2D eigenvalue weighted by Gasteiger charge is -2.28. The van der Waals surface area contributed by atoms with Gasteiger partial charge < -0.3 is 29.2 Å². The van der Waals surface area contributed by atoms with Crippen molar-refractivity contribution in [2.75, 3.05) is 21.3 Å². The number of carbonyl (C=O) groups is 1. The Bertz CT molecular complexity index is 1170. The van der Waals surface area contributed by atoms with E-state index in [2.05, 4.69) is 0 Å². The van der Waals surface area contributed by atoms with E-state index < -0.39 is 6.10 Å². The predicted molar refractivity (Wildman–Crippen MR) is 118 cm³/mol. The quantitative estimate of drug-likeness (QED) is 0.570. The van der Waals surface area contributed by atoms with Crippen LogP contribution in [0.4, 0.5) is 0 Å². The molecule has 32 heavy (non-hydrogen) atoms. The Morgan fingerprint density at radius 1 is 0.844 bits per heavy atom. The molecule has 1 heterocycles. The lowest BCUT2D eigenvalue weighted by Crippen LogP contribution is -2.23. The molecule has 0 aromatic heterocycles. The summed E-state index contributed by atoms with van der Waals surface area (Å²) in [6, 6.07) is 14.3. The van der Waals surface area contributed by atoms with Crippen LogP contribution in [0.2, 0.25) is 0 Å². The molecule has 3 aromatic carbocycles. The van der Waals surface area contributed by atoms with Crippen LogP contribution in [0.25, 0.3) is 6.08 Å². The van der Waals surface area contributed by atoms with Crippen molar-refractivity contribution in [2.45, 2.75) is 6.10 Å². The van der Waals surface area contributed by atoms with Gasteiger partial charge in [-0.25, -0.2) is 0 Å². The van der Waals surface area contributed by atoms with E-state index in [1.807, 2.05) is 0 Å². The van der Waals surface area contributed by atoms with Gasteiger partial charge in [-0.1, -0.05) is 12.1 Å². The Morgan fingerprint density at radius 2 is 1.47 bits per heavy atom. The van der Waals surface area contributed by atoms with Crippen molar-refractivity contribution >= 4 is 11.9 Å². The minimum Gasteiger partial charge on any atom is -0.508 e. The zero-order chi connectivity index (χ0) is 22.8. The topological polar surface area (TPSA) is 94.5 Å². The van der Waals surface area contributed by atoms with Crippen molar-refractivity contribution in [1.29, 1.82) is 0 Å². The maximum Gasteiger partial charge on any atom is 0.203 e. The van der Waals surface area contributed by atoms with Gasteiger partial charge in [-0.05, 0) is 59.7 Å². The number of methoxy groups -OCH3 is 3. The maximum absolute atomic E-state index is 13.5. The molecule has 164 valence electrons. The number of carbonyl (C=O) groups excluding carboxylic acids is 1. The van der Waals surface area contributed by atoms with Crippen LogP contribution in [-0.2, 0) is 0 Å². The third-order valence-electron chi connectivity index (χ3n) is 5.20. The van der Waals surface area contributed by atoms with Crippen molar-refractivity contribution in [2.24, 2.45) is 0 Å². The summed E-state index contributed by atoms with van der Waals surface area (Å²) in [6.45, 7) is 0. The van der Waals surface area contributed by atoms with E-state index in [0.717, 1.165) is 0 Å². The highest BCUT2D eigenvalue weighted by Gasteiger charge is 2.33. The number of phenols is 2. The molecule has 1 atom stereocenters. The highest BCUT2D eigenvalue weighted by Crippen LogP contribution is 2.43. The van der Waals surface area contributed by atoms with Gasteiger partial charge in [0.2, 0.25) is 5.75 Å². The third kappa shape index (κ3) is 3.80. The van der Waals surface area contributed by atoms with E-state index in [9.17, 15) is 15.0 Å². The highest BCUT2D eigenvalue weighted by molar-refractivity contribution is 6.15. The molecule has 1 aliphatic rings. The third-order valence-corrected chi connectivity index (χ3v) is 5.20. The van der Waals surface area contributed by atoms with Gasteiger partial charge >= 0.3 is 0 Å². The van der Waals surface area contributed by atoms with Crippen LogP contribution in [-0.4, -0.2) is 37.3 Å². The van der Waals surface area contributed by atoms with E-state index >= 15 is 0 Å². The van der Waals surface area contributed by atoms with Crippen LogP contribution in [0, 0.1) is 0 Å². The van der Waals surface area contributed by atoms with E-state index in [1.165, 1.54) is 45.6 Å². The van der Waals surface area contributed by atoms with Gasteiger partial charge in [0.05, 0.1) is 26.9 Å². The molecular weight excluding hydrogens is 412 g/mol. The first-order chi connectivity index (χ1) is 15.4. The smallest absolute Gasteiger partial charge is 0.203 e. The Labute approximate surface area is 185 Å². The lowest BCUT2D eigenvalue weighted by molar-refractivity contribution is 0.0963. The first kappa shape index (κ1) is 21.1. The number of hydrogen-bond acceptors (Lipinski definition) is 7. The van der Waals surface area contributed by atoms with E-state index in [1.54, 1.807) is 36.4 Å². The summed E-state index contributed by atoms with van der Waals surface area (Å²) in [5.41, 5.74) is 1.94. The standard InChI is InChI=1S/C25H22O7/c1-29-21-11-14(12-22(30-2)25(21)31-3)10-19-23(28)18-13-17(27)8-9-20(18)32-24(19)15-4-6-16(26)7-5-15/h4-13,24,26-27H,1-3H3. The van der Waals surface area contributed by atoms with Crippen molar-refractivity contribution in [3.05, 3.63) is 76.9 Å². The molecule has 0 saturated carbocycles. The lowest BCUT2D eigenvalue weighted by atomic mass is 9.89. The summed E-state index contributed by atoms with van der Waals surface area (Å²) in [5.74, 6) is 1.49. The molecule has 0 bridgehead atoms. The molecule has 1 unspecified atom stereocenters. The van der Waals surface area contributed by atoms with Crippen LogP contribution in [0.3, 0.4) is 0 Å². The van der Waals surface area contributed by atoms with Crippen LogP contribution in [0.1, 0.15) is 27.6 Å². The Kier molecular flexibility index (Phi) is 5.64. The Hall–Kier alpha value is -4.13. The van der Waals surface area contributed by atoms with Gasteiger partial charge in [-0.3, -0.25) is 4.79 Å². The maximum atomic E-state index is 13.5. The molecular formula is C25H22O7. The number of benzene rings is 3. The van der Waals surface area contributed by atoms with Crippen LogP contribution in [0.5, 0.6) is 34.5 Å². The fraction of sp³-hybridized carbons (Fsp3) is 0.160. The Balaban J connectivity index is 1.89. The number of fused-ring (bicyclic) bond motifs is 1. The van der Waals surface area contributed by atoms with Crippen LogP contribution in [0.15, 0.2) is 60.2 Å². The minimum absolute atomic E-state index is 0.0316.